The molecule has 0 aromatic heterocycles. The number of methoxy groups -OCH3 is 2. The quantitative estimate of drug-likeness (QED) is 0.777. The highest BCUT2D eigenvalue weighted by Crippen LogP contribution is 2.44. The van der Waals surface area contributed by atoms with E-state index >= 15 is 0 Å². The third-order valence-electron chi connectivity index (χ3n) is 5.18. The molecule has 1 aliphatic carbocycles. The SMILES string of the molecule is CO[C@@]1(C)O[C@H]2[C@H](O[C@]1(C)OC)[C@H](OCc1ccccc1)C=C(Br)[C@H]2O. The molecule has 0 unspecified atom stereocenters. The number of ether oxygens (including phenoxy) is 5. The van der Waals surface area contributed by atoms with Crippen LogP contribution in [0.4, 0.5) is 0 Å². The molecule has 0 saturated carbocycles. The second kappa shape index (κ2) is 7.67. The van der Waals surface area contributed by atoms with Gasteiger partial charge in [-0.05, 0) is 25.5 Å². The molecule has 1 saturated heterocycles. The Balaban J connectivity index is 1.85. The molecule has 0 amide bonds. The van der Waals surface area contributed by atoms with Crippen molar-refractivity contribution < 1.29 is 28.8 Å². The average molecular weight is 429 g/mol. The van der Waals surface area contributed by atoms with Crippen LogP contribution in [0.1, 0.15) is 19.4 Å². The van der Waals surface area contributed by atoms with Crippen molar-refractivity contribution in [2.24, 2.45) is 0 Å². The van der Waals surface area contributed by atoms with E-state index in [0.29, 0.717) is 11.1 Å². The molecular weight excluding hydrogens is 404 g/mol. The standard InChI is InChI=1S/C19H25BrO6/c1-18(22-3)19(2,23-4)26-17-15(21)13(20)10-14(16(17)25-18)24-11-12-8-6-5-7-9-12/h5-10,14-17,21H,11H2,1-4H3/t14-,15-,16-,17-,18+,19+/m1/s1. The lowest BCUT2D eigenvalue weighted by Crippen LogP contribution is -2.69. The molecule has 0 spiro atoms. The second-order valence-corrected chi connectivity index (χ2v) is 7.64. The fraction of sp³-hybridized carbons (Fsp3) is 0.579. The van der Waals surface area contributed by atoms with Gasteiger partial charge in [-0.25, -0.2) is 0 Å². The smallest absolute Gasteiger partial charge is 0.220 e. The van der Waals surface area contributed by atoms with E-state index in [2.05, 4.69) is 15.9 Å². The molecule has 1 heterocycles. The van der Waals surface area contributed by atoms with Crippen LogP contribution in [0.15, 0.2) is 40.9 Å². The van der Waals surface area contributed by atoms with Gasteiger partial charge in [-0.15, -0.1) is 0 Å². The number of benzene rings is 1. The maximum atomic E-state index is 10.6. The van der Waals surface area contributed by atoms with E-state index in [1.54, 1.807) is 13.8 Å². The van der Waals surface area contributed by atoms with Crippen LogP contribution in [0.2, 0.25) is 0 Å². The van der Waals surface area contributed by atoms with E-state index < -0.39 is 36.0 Å². The summed E-state index contributed by atoms with van der Waals surface area (Å²) in [6.45, 7) is 3.89. The fourth-order valence-corrected chi connectivity index (χ4v) is 3.77. The Hall–Kier alpha value is -0.800. The topological polar surface area (TPSA) is 66.4 Å². The highest BCUT2D eigenvalue weighted by molar-refractivity contribution is 9.11. The van der Waals surface area contributed by atoms with Crippen LogP contribution in [0.3, 0.4) is 0 Å². The van der Waals surface area contributed by atoms with Crippen LogP contribution in [0, 0.1) is 0 Å². The lowest BCUT2D eigenvalue weighted by Gasteiger charge is -2.55. The molecule has 26 heavy (non-hydrogen) atoms. The fourth-order valence-electron chi connectivity index (χ4n) is 3.25. The zero-order valence-corrected chi connectivity index (χ0v) is 16.9. The summed E-state index contributed by atoms with van der Waals surface area (Å²) in [5, 5.41) is 10.6. The van der Waals surface area contributed by atoms with E-state index in [4.69, 9.17) is 23.7 Å². The number of rotatable bonds is 5. The number of halogens is 1. The van der Waals surface area contributed by atoms with Crippen LogP contribution in [0.25, 0.3) is 0 Å². The van der Waals surface area contributed by atoms with Gasteiger partial charge in [-0.2, -0.15) is 0 Å². The summed E-state index contributed by atoms with van der Waals surface area (Å²) in [5.74, 6) is -2.34. The van der Waals surface area contributed by atoms with Gasteiger partial charge >= 0.3 is 0 Å². The van der Waals surface area contributed by atoms with Crippen LogP contribution in [0.5, 0.6) is 0 Å². The normalized spacial score (nSPS) is 40.0. The van der Waals surface area contributed by atoms with E-state index in [-0.39, 0.29) is 0 Å². The van der Waals surface area contributed by atoms with Gasteiger partial charge in [0.2, 0.25) is 11.6 Å². The molecule has 1 fully saturated rings. The first-order valence-corrected chi connectivity index (χ1v) is 9.29. The third-order valence-corrected chi connectivity index (χ3v) is 5.91. The van der Waals surface area contributed by atoms with Crippen molar-refractivity contribution in [1.29, 1.82) is 0 Å². The van der Waals surface area contributed by atoms with E-state index in [1.807, 2.05) is 36.4 Å². The predicted octanol–water partition coefficient (Wildman–Crippen LogP) is 2.73. The van der Waals surface area contributed by atoms with Crippen molar-refractivity contribution >= 4 is 15.9 Å². The van der Waals surface area contributed by atoms with Gasteiger partial charge in [-0.3, -0.25) is 0 Å². The Morgan fingerprint density at radius 1 is 1.04 bits per heavy atom. The summed E-state index contributed by atoms with van der Waals surface area (Å²) in [6.07, 6.45) is -0.711. The van der Waals surface area contributed by atoms with Crippen molar-refractivity contribution in [3.63, 3.8) is 0 Å². The Kier molecular flexibility index (Phi) is 5.89. The maximum Gasteiger partial charge on any atom is 0.220 e. The minimum atomic E-state index is -1.18. The predicted molar refractivity (Wildman–Crippen MR) is 98.6 cm³/mol. The molecule has 6 nitrogen and oxygen atoms in total. The monoisotopic (exact) mass is 428 g/mol. The van der Waals surface area contributed by atoms with Crippen molar-refractivity contribution in [2.45, 2.75) is 56.4 Å². The van der Waals surface area contributed by atoms with Crippen LogP contribution < -0.4 is 0 Å². The molecule has 1 aliphatic heterocycles. The summed E-state index contributed by atoms with van der Waals surface area (Å²) < 4.78 is 30.1. The molecule has 2 aliphatic rings. The first-order chi connectivity index (χ1) is 12.3. The van der Waals surface area contributed by atoms with E-state index in [1.165, 1.54) is 14.2 Å². The molecule has 1 N–H and O–H groups in total. The maximum absolute atomic E-state index is 10.6. The molecule has 0 radical (unpaired) electrons. The summed E-state index contributed by atoms with van der Waals surface area (Å²) in [5.41, 5.74) is 1.05. The summed E-state index contributed by atoms with van der Waals surface area (Å²) in [4.78, 5) is 0. The van der Waals surface area contributed by atoms with Gasteiger partial charge in [0.15, 0.2) is 0 Å². The highest BCUT2D eigenvalue weighted by atomic mass is 79.9. The molecule has 3 rings (SSSR count). The summed E-state index contributed by atoms with van der Waals surface area (Å²) in [7, 11) is 3.05. The first-order valence-electron chi connectivity index (χ1n) is 8.50. The highest BCUT2D eigenvalue weighted by Gasteiger charge is 2.60. The lowest BCUT2D eigenvalue weighted by atomic mass is 9.92. The van der Waals surface area contributed by atoms with Crippen LogP contribution in [-0.2, 0) is 30.3 Å². The summed E-state index contributed by atoms with van der Waals surface area (Å²) in [6, 6.07) is 9.87. The molecule has 7 heteroatoms. The first kappa shape index (κ1) is 19.9. The van der Waals surface area contributed by atoms with Gasteiger partial charge in [-0.1, -0.05) is 46.3 Å². The van der Waals surface area contributed by atoms with Gasteiger partial charge in [0.05, 0.1) is 6.61 Å². The van der Waals surface area contributed by atoms with Crippen LogP contribution in [-0.4, -0.2) is 55.3 Å². The Bertz CT molecular complexity index is 653. The number of aliphatic hydroxyl groups is 1. The van der Waals surface area contributed by atoms with Gasteiger partial charge in [0, 0.05) is 18.7 Å². The molecule has 144 valence electrons. The number of fused-ring (bicyclic) bond motifs is 1. The van der Waals surface area contributed by atoms with E-state index in [0.717, 1.165) is 5.56 Å². The van der Waals surface area contributed by atoms with Crippen molar-refractivity contribution in [1.82, 2.24) is 0 Å². The average Bonchev–Trinajstić information content (AvgIpc) is 2.66. The van der Waals surface area contributed by atoms with Gasteiger partial charge in [0.1, 0.15) is 24.4 Å². The Labute approximate surface area is 162 Å². The van der Waals surface area contributed by atoms with Crippen molar-refractivity contribution in [3.05, 3.63) is 46.5 Å². The zero-order chi connectivity index (χ0) is 18.9. The minimum Gasteiger partial charge on any atom is -0.385 e. The van der Waals surface area contributed by atoms with E-state index in [9.17, 15) is 5.11 Å². The molecule has 0 bridgehead atoms. The van der Waals surface area contributed by atoms with Crippen molar-refractivity contribution in [2.75, 3.05) is 14.2 Å². The van der Waals surface area contributed by atoms with Gasteiger partial charge in [0.25, 0.3) is 0 Å². The molecule has 1 aromatic carbocycles. The largest absolute Gasteiger partial charge is 0.385 e. The number of aliphatic hydroxyl groups excluding tert-OH is 1. The van der Waals surface area contributed by atoms with Gasteiger partial charge < -0.3 is 28.8 Å². The second-order valence-electron chi connectivity index (χ2n) is 6.72. The minimum absolute atomic E-state index is 0.413. The Morgan fingerprint density at radius 3 is 2.19 bits per heavy atom. The molecular formula is C19H25BrO6. The molecule has 6 atom stereocenters. The zero-order valence-electron chi connectivity index (χ0n) is 15.3. The number of hydrogen-bond donors (Lipinski definition) is 1. The summed E-state index contributed by atoms with van der Waals surface area (Å²) >= 11 is 3.41. The third kappa shape index (κ3) is 3.49. The Morgan fingerprint density at radius 2 is 1.62 bits per heavy atom. The lowest BCUT2D eigenvalue weighted by molar-refractivity contribution is -0.459. The molecule has 1 aromatic rings. The van der Waals surface area contributed by atoms with Crippen molar-refractivity contribution in [3.8, 4) is 0 Å². The number of hydrogen-bond acceptors (Lipinski definition) is 6. The van der Waals surface area contributed by atoms with Crippen LogP contribution >= 0.6 is 15.9 Å².